The van der Waals surface area contributed by atoms with E-state index in [2.05, 4.69) is 9.36 Å². The summed E-state index contributed by atoms with van der Waals surface area (Å²) in [6, 6.07) is 0. The first-order chi connectivity index (χ1) is 9.16. The van der Waals surface area contributed by atoms with Gasteiger partial charge in [0.05, 0.1) is 13.7 Å². The average Bonchev–Trinajstić information content (AvgIpc) is 2.83. The molecule has 0 aliphatic carbocycles. The minimum absolute atomic E-state index is 0.0436. The fourth-order valence-corrected chi connectivity index (χ4v) is 2.38. The molecule has 0 aromatic carbocycles. The van der Waals surface area contributed by atoms with Crippen molar-refractivity contribution in [3.8, 4) is 0 Å². The fourth-order valence-electron chi connectivity index (χ4n) is 1.29. The van der Waals surface area contributed by atoms with E-state index in [1.807, 2.05) is 13.8 Å². The van der Waals surface area contributed by atoms with E-state index in [9.17, 15) is 9.90 Å². The largest absolute Gasteiger partial charge is 0.376 e. The predicted molar refractivity (Wildman–Crippen MR) is 77.7 cm³/mol. The van der Waals surface area contributed by atoms with Crippen LogP contribution >= 0.6 is 46.3 Å². The maximum Gasteiger partial charge on any atom is 0.282 e. The number of aliphatic hydroxyl groups is 1. The standard InChI is InChI=1S/C10H14Cl3N3O3S/c1-5(2)4-16(19-3)8(18)6(17)7-14-9(15-20-7)10(11,12)13/h5-6,17H,4H2,1-3H3. The summed E-state index contributed by atoms with van der Waals surface area (Å²) in [7, 11) is 1.35. The van der Waals surface area contributed by atoms with E-state index in [1.165, 1.54) is 7.11 Å². The quantitative estimate of drug-likeness (QED) is 0.643. The molecule has 0 aliphatic heterocycles. The second-order valence-corrected chi connectivity index (χ2v) is 7.40. The van der Waals surface area contributed by atoms with Gasteiger partial charge in [-0.2, -0.15) is 4.37 Å². The van der Waals surface area contributed by atoms with E-state index < -0.39 is 15.8 Å². The minimum Gasteiger partial charge on any atom is -0.376 e. The Morgan fingerprint density at radius 2 is 2.10 bits per heavy atom. The topological polar surface area (TPSA) is 75.5 Å². The van der Waals surface area contributed by atoms with E-state index >= 15 is 0 Å². The maximum atomic E-state index is 12.1. The van der Waals surface area contributed by atoms with Gasteiger partial charge in [0.25, 0.3) is 9.70 Å². The molecule has 6 nitrogen and oxygen atoms in total. The zero-order valence-electron chi connectivity index (χ0n) is 11.0. The van der Waals surface area contributed by atoms with E-state index in [0.29, 0.717) is 6.54 Å². The van der Waals surface area contributed by atoms with Crippen LogP contribution in [0.2, 0.25) is 0 Å². The summed E-state index contributed by atoms with van der Waals surface area (Å²) in [5, 5.41) is 11.1. The number of hydrogen-bond acceptors (Lipinski definition) is 6. The smallest absolute Gasteiger partial charge is 0.282 e. The third-order valence-electron chi connectivity index (χ3n) is 2.16. The zero-order valence-corrected chi connectivity index (χ0v) is 14.1. The molecule has 0 fully saturated rings. The summed E-state index contributed by atoms with van der Waals surface area (Å²) < 4.78 is 2.00. The van der Waals surface area contributed by atoms with Gasteiger partial charge >= 0.3 is 0 Å². The van der Waals surface area contributed by atoms with Crippen molar-refractivity contribution in [3.63, 3.8) is 0 Å². The van der Waals surface area contributed by atoms with Crippen LogP contribution in [0.15, 0.2) is 0 Å². The third kappa shape index (κ3) is 4.68. The van der Waals surface area contributed by atoms with Gasteiger partial charge in [0.1, 0.15) is 0 Å². The van der Waals surface area contributed by atoms with E-state index in [4.69, 9.17) is 39.6 Å². The molecule has 1 aromatic rings. The molecule has 0 spiro atoms. The van der Waals surface area contributed by atoms with Gasteiger partial charge in [-0.3, -0.25) is 9.63 Å². The first-order valence-electron chi connectivity index (χ1n) is 5.61. The van der Waals surface area contributed by atoms with Crippen LogP contribution in [-0.4, -0.2) is 39.1 Å². The lowest BCUT2D eigenvalue weighted by Gasteiger charge is -2.23. The Balaban J connectivity index is 2.85. The Hall–Kier alpha value is -0.180. The summed E-state index contributed by atoms with van der Waals surface area (Å²) in [4.78, 5) is 20.9. The van der Waals surface area contributed by atoms with Gasteiger partial charge in [0.2, 0.25) is 0 Å². The summed E-state index contributed by atoms with van der Waals surface area (Å²) in [6.07, 6.45) is -1.51. The van der Waals surface area contributed by atoms with Crippen LogP contribution in [-0.2, 0) is 13.4 Å². The van der Waals surface area contributed by atoms with E-state index in [1.54, 1.807) is 0 Å². The van der Waals surface area contributed by atoms with Gasteiger partial charge in [-0.05, 0) is 17.5 Å². The highest BCUT2D eigenvalue weighted by molar-refractivity contribution is 7.05. The van der Waals surface area contributed by atoms with Crippen molar-refractivity contribution >= 4 is 52.2 Å². The normalized spacial score (nSPS) is 13.6. The summed E-state index contributed by atoms with van der Waals surface area (Å²) in [6.45, 7) is 4.16. The number of nitrogens with zero attached hydrogens (tertiary/aromatic N) is 3. The molecule has 114 valence electrons. The fraction of sp³-hybridized carbons (Fsp3) is 0.700. The van der Waals surface area contributed by atoms with Crippen molar-refractivity contribution in [2.75, 3.05) is 13.7 Å². The minimum atomic E-state index is -1.80. The van der Waals surface area contributed by atoms with Crippen molar-refractivity contribution in [3.05, 3.63) is 10.8 Å². The van der Waals surface area contributed by atoms with Crippen LogP contribution in [0.5, 0.6) is 0 Å². The Labute approximate surface area is 135 Å². The van der Waals surface area contributed by atoms with Gasteiger partial charge in [-0.15, -0.1) is 0 Å². The van der Waals surface area contributed by atoms with Crippen LogP contribution in [0.4, 0.5) is 0 Å². The second-order valence-electron chi connectivity index (χ2n) is 4.33. The van der Waals surface area contributed by atoms with Crippen molar-refractivity contribution in [2.45, 2.75) is 23.7 Å². The van der Waals surface area contributed by atoms with Crippen LogP contribution in [0.25, 0.3) is 0 Å². The highest BCUT2D eigenvalue weighted by atomic mass is 35.6. The van der Waals surface area contributed by atoms with Crippen LogP contribution < -0.4 is 0 Å². The number of alkyl halides is 3. The maximum absolute atomic E-state index is 12.1. The van der Waals surface area contributed by atoms with Crippen molar-refractivity contribution in [1.29, 1.82) is 0 Å². The summed E-state index contributed by atoms with van der Waals surface area (Å²) in [5.74, 6) is -0.548. The lowest BCUT2D eigenvalue weighted by molar-refractivity contribution is -0.187. The molecule has 1 rings (SSSR count). The molecular formula is C10H14Cl3N3O3S. The number of hydroxylamine groups is 2. The third-order valence-corrected chi connectivity index (χ3v) is 3.43. The molecule has 1 amide bonds. The molecule has 0 aliphatic rings. The average molecular weight is 363 g/mol. The second kappa shape index (κ2) is 7.20. The molecule has 0 saturated heterocycles. The number of halogens is 3. The first-order valence-corrected chi connectivity index (χ1v) is 7.52. The first kappa shape index (κ1) is 17.9. The van der Waals surface area contributed by atoms with Gasteiger partial charge in [-0.1, -0.05) is 48.7 Å². The molecule has 10 heteroatoms. The van der Waals surface area contributed by atoms with Gasteiger partial charge < -0.3 is 5.11 Å². The Morgan fingerprint density at radius 1 is 1.50 bits per heavy atom. The zero-order chi connectivity index (χ0) is 15.5. The molecule has 1 atom stereocenters. The Kier molecular flexibility index (Phi) is 6.43. The number of rotatable bonds is 5. The molecule has 20 heavy (non-hydrogen) atoms. The lowest BCUT2D eigenvalue weighted by Crippen LogP contribution is -2.36. The number of aliphatic hydroxyl groups excluding tert-OH is 1. The van der Waals surface area contributed by atoms with Crippen molar-refractivity contribution in [2.24, 2.45) is 5.92 Å². The van der Waals surface area contributed by atoms with Crippen LogP contribution in [0, 0.1) is 5.92 Å². The van der Waals surface area contributed by atoms with Gasteiger partial charge in [0, 0.05) is 0 Å². The van der Waals surface area contributed by atoms with Crippen LogP contribution in [0.1, 0.15) is 30.8 Å². The molecule has 1 aromatic heterocycles. The molecule has 1 N–H and O–H groups in total. The number of carbonyl (C=O) groups is 1. The molecule has 0 radical (unpaired) electrons. The molecular weight excluding hydrogens is 349 g/mol. The lowest BCUT2D eigenvalue weighted by atomic mass is 10.2. The highest BCUT2D eigenvalue weighted by Crippen LogP contribution is 2.37. The molecule has 0 bridgehead atoms. The Morgan fingerprint density at radius 3 is 2.50 bits per heavy atom. The van der Waals surface area contributed by atoms with Gasteiger partial charge in [-0.25, -0.2) is 10.0 Å². The SMILES string of the molecule is CON(CC(C)C)C(=O)C(O)c1nc(C(Cl)(Cl)Cl)ns1. The number of amides is 1. The highest BCUT2D eigenvalue weighted by Gasteiger charge is 2.32. The number of aromatic nitrogens is 2. The molecule has 1 unspecified atom stereocenters. The number of carbonyl (C=O) groups excluding carboxylic acids is 1. The molecule has 1 heterocycles. The van der Waals surface area contributed by atoms with E-state index in [-0.39, 0.29) is 16.7 Å². The summed E-state index contributed by atoms with van der Waals surface area (Å²) >= 11 is 17.7. The van der Waals surface area contributed by atoms with Crippen molar-refractivity contribution in [1.82, 2.24) is 14.4 Å². The summed E-state index contributed by atoms with van der Waals surface area (Å²) in [5.41, 5.74) is 0. The monoisotopic (exact) mass is 361 g/mol. The van der Waals surface area contributed by atoms with Crippen LogP contribution in [0.3, 0.4) is 0 Å². The van der Waals surface area contributed by atoms with E-state index in [0.717, 1.165) is 16.6 Å². The van der Waals surface area contributed by atoms with Crippen molar-refractivity contribution < 1.29 is 14.7 Å². The predicted octanol–water partition coefficient (Wildman–Crippen LogP) is 2.44. The van der Waals surface area contributed by atoms with Gasteiger partial charge in [0.15, 0.2) is 16.9 Å². The number of hydrogen-bond donors (Lipinski definition) is 1. The molecule has 0 saturated carbocycles. The Bertz CT molecular complexity index is 464.